The normalized spacial score (nSPS) is 13.2. The van der Waals surface area contributed by atoms with Gasteiger partial charge < -0.3 is 5.73 Å². The van der Waals surface area contributed by atoms with Gasteiger partial charge in [-0.3, -0.25) is 4.98 Å². The lowest BCUT2D eigenvalue weighted by Crippen LogP contribution is -2.26. The Bertz CT molecular complexity index is 286. The summed E-state index contributed by atoms with van der Waals surface area (Å²) >= 11 is 0. The summed E-state index contributed by atoms with van der Waals surface area (Å²) in [4.78, 5) is 3.70. The smallest absolute Gasteiger partial charge is 0.144 e. The van der Waals surface area contributed by atoms with Gasteiger partial charge >= 0.3 is 0 Å². The molecule has 0 aliphatic rings. The number of aryl methyl sites for hydroxylation is 1. The molecule has 0 saturated carbocycles. The molecule has 2 nitrogen and oxygen atoms in total. The second-order valence-electron chi connectivity index (χ2n) is 3.91. The molecule has 14 heavy (non-hydrogen) atoms. The average molecular weight is 196 g/mol. The van der Waals surface area contributed by atoms with E-state index in [0.717, 1.165) is 6.42 Å². The Hall–Kier alpha value is -0.960. The van der Waals surface area contributed by atoms with Crippen molar-refractivity contribution in [2.45, 2.75) is 32.7 Å². The van der Waals surface area contributed by atoms with Crippen LogP contribution in [0.15, 0.2) is 18.5 Å². The number of hydrogen-bond acceptors (Lipinski definition) is 2. The van der Waals surface area contributed by atoms with E-state index in [1.165, 1.54) is 6.20 Å². The maximum absolute atomic E-state index is 13.1. The van der Waals surface area contributed by atoms with Crippen molar-refractivity contribution >= 4 is 0 Å². The molecule has 1 aromatic heterocycles. The van der Waals surface area contributed by atoms with E-state index in [9.17, 15) is 4.39 Å². The van der Waals surface area contributed by atoms with Gasteiger partial charge in [-0.1, -0.05) is 13.8 Å². The summed E-state index contributed by atoms with van der Waals surface area (Å²) in [7, 11) is 0. The van der Waals surface area contributed by atoms with Crippen LogP contribution >= 0.6 is 0 Å². The molecule has 0 aliphatic heterocycles. The van der Waals surface area contributed by atoms with Crippen LogP contribution in [-0.4, -0.2) is 11.0 Å². The first kappa shape index (κ1) is 11.1. The summed E-state index contributed by atoms with van der Waals surface area (Å²) in [5.74, 6) is 0.211. The maximum Gasteiger partial charge on any atom is 0.144 e. The number of aromatic nitrogens is 1. The maximum atomic E-state index is 13.1. The predicted molar refractivity (Wildman–Crippen MR) is 55.3 cm³/mol. The van der Waals surface area contributed by atoms with E-state index in [1.807, 2.05) is 0 Å². The molecule has 1 heterocycles. The zero-order chi connectivity index (χ0) is 10.6. The molecule has 78 valence electrons. The first-order chi connectivity index (χ1) is 6.61. The summed E-state index contributed by atoms with van der Waals surface area (Å²) in [6.45, 7) is 4.15. The van der Waals surface area contributed by atoms with E-state index in [4.69, 9.17) is 5.73 Å². The Morgan fingerprint density at radius 1 is 1.50 bits per heavy atom. The van der Waals surface area contributed by atoms with Crippen molar-refractivity contribution in [1.82, 2.24) is 4.98 Å². The van der Waals surface area contributed by atoms with Crippen LogP contribution in [0.2, 0.25) is 0 Å². The average Bonchev–Trinajstić information content (AvgIpc) is 2.16. The van der Waals surface area contributed by atoms with E-state index in [-0.39, 0.29) is 11.9 Å². The summed E-state index contributed by atoms with van der Waals surface area (Å²) < 4.78 is 13.1. The van der Waals surface area contributed by atoms with Crippen molar-refractivity contribution in [2.24, 2.45) is 11.7 Å². The van der Waals surface area contributed by atoms with Crippen LogP contribution in [0.25, 0.3) is 0 Å². The van der Waals surface area contributed by atoms with Crippen LogP contribution < -0.4 is 5.73 Å². The lowest BCUT2D eigenvalue weighted by atomic mass is 9.98. The van der Waals surface area contributed by atoms with Crippen molar-refractivity contribution in [3.63, 3.8) is 0 Å². The van der Waals surface area contributed by atoms with Gasteiger partial charge in [0.1, 0.15) is 5.82 Å². The van der Waals surface area contributed by atoms with E-state index in [1.54, 1.807) is 12.3 Å². The van der Waals surface area contributed by atoms with Crippen molar-refractivity contribution < 1.29 is 4.39 Å². The number of pyridine rings is 1. The molecule has 0 aliphatic carbocycles. The minimum absolute atomic E-state index is 0.141. The Kier molecular flexibility index (Phi) is 4.01. The van der Waals surface area contributed by atoms with E-state index >= 15 is 0 Å². The number of hydrogen-bond donors (Lipinski definition) is 1. The van der Waals surface area contributed by atoms with Crippen LogP contribution in [0.4, 0.5) is 4.39 Å². The van der Waals surface area contributed by atoms with Gasteiger partial charge in [0.2, 0.25) is 0 Å². The van der Waals surface area contributed by atoms with E-state index in [0.29, 0.717) is 17.9 Å². The molecule has 1 aromatic rings. The largest absolute Gasteiger partial charge is 0.327 e. The topological polar surface area (TPSA) is 38.9 Å². The zero-order valence-corrected chi connectivity index (χ0v) is 8.70. The van der Waals surface area contributed by atoms with Crippen molar-refractivity contribution in [1.29, 1.82) is 0 Å². The molecule has 0 aromatic carbocycles. The van der Waals surface area contributed by atoms with E-state index < -0.39 is 0 Å². The van der Waals surface area contributed by atoms with Crippen LogP contribution in [0.3, 0.4) is 0 Å². The highest BCUT2D eigenvalue weighted by molar-refractivity contribution is 5.12. The van der Waals surface area contributed by atoms with Crippen LogP contribution in [0.5, 0.6) is 0 Å². The summed E-state index contributed by atoms with van der Waals surface area (Å²) in [5, 5.41) is 0. The highest BCUT2D eigenvalue weighted by Gasteiger charge is 2.09. The molecule has 0 spiro atoms. The molecule has 1 rings (SSSR count). The van der Waals surface area contributed by atoms with Crippen molar-refractivity contribution in [2.75, 3.05) is 0 Å². The Morgan fingerprint density at radius 2 is 2.21 bits per heavy atom. The lowest BCUT2D eigenvalue weighted by Gasteiger charge is -2.15. The molecule has 0 fully saturated rings. The molecule has 0 radical (unpaired) electrons. The Labute approximate surface area is 84.3 Å². The van der Waals surface area contributed by atoms with Gasteiger partial charge in [-0.05, 0) is 30.4 Å². The van der Waals surface area contributed by atoms with Gasteiger partial charge in [0, 0.05) is 12.2 Å². The fourth-order valence-corrected chi connectivity index (χ4v) is 1.26. The number of halogens is 1. The third-order valence-electron chi connectivity index (χ3n) is 2.46. The Balaban J connectivity index is 2.50. The minimum Gasteiger partial charge on any atom is -0.327 e. The summed E-state index contributed by atoms with van der Waals surface area (Å²) in [5.41, 5.74) is 6.58. The SMILES string of the molecule is CC(C)C(N)CCc1ccncc1F. The van der Waals surface area contributed by atoms with Gasteiger partial charge in [-0.2, -0.15) is 0 Å². The molecular weight excluding hydrogens is 179 g/mol. The Morgan fingerprint density at radius 3 is 2.79 bits per heavy atom. The first-order valence-corrected chi connectivity index (χ1v) is 4.95. The van der Waals surface area contributed by atoms with Crippen molar-refractivity contribution in [3.05, 3.63) is 29.8 Å². The van der Waals surface area contributed by atoms with Crippen LogP contribution in [0.1, 0.15) is 25.8 Å². The third-order valence-corrected chi connectivity index (χ3v) is 2.46. The standard InChI is InChI=1S/C11H17FN2/c1-8(2)11(13)4-3-9-5-6-14-7-10(9)12/h5-8,11H,3-4,13H2,1-2H3. The molecule has 1 unspecified atom stereocenters. The molecular formula is C11H17FN2. The highest BCUT2D eigenvalue weighted by Crippen LogP contribution is 2.11. The van der Waals surface area contributed by atoms with Gasteiger partial charge in [-0.25, -0.2) is 4.39 Å². The number of nitrogens with zero attached hydrogens (tertiary/aromatic N) is 1. The van der Waals surface area contributed by atoms with Crippen LogP contribution in [0, 0.1) is 11.7 Å². The highest BCUT2D eigenvalue weighted by atomic mass is 19.1. The van der Waals surface area contributed by atoms with Crippen LogP contribution in [-0.2, 0) is 6.42 Å². The summed E-state index contributed by atoms with van der Waals surface area (Å²) in [6.07, 6.45) is 4.36. The minimum atomic E-state index is -0.233. The predicted octanol–water partition coefficient (Wildman–Crippen LogP) is 2.14. The fraction of sp³-hybridized carbons (Fsp3) is 0.545. The van der Waals surface area contributed by atoms with Gasteiger partial charge in [0.05, 0.1) is 6.20 Å². The fourth-order valence-electron chi connectivity index (χ4n) is 1.26. The monoisotopic (exact) mass is 196 g/mol. The molecule has 3 heteroatoms. The zero-order valence-electron chi connectivity index (χ0n) is 8.70. The molecule has 0 amide bonds. The second kappa shape index (κ2) is 5.05. The van der Waals surface area contributed by atoms with Gasteiger partial charge in [-0.15, -0.1) is 0 Å². The van der Waals surface area contributed by atoms with Crippen molar-refractivity contribution in [3.8, 4) is 0 Å². The molecule has 0 bridgehead atoms. The molecule has 0 saturated heterocycles. The quantitative estimate of drug-likeness (QED) is 0.801. The lowest BCUT2D eigenvalue weighted by molar-refractivity contribution is 0.460. The number of nitrogens with two attached hydrogens (primary N) is 1. The first-order valence-electron chi connectivity index (χ1n) is 4.95. The van der Waals surface area contributed by atoms with E-state index in [2.05, 4.69) is 18.8 Å². The van der Waals surface area contributed by atoms with Gasteiger partial charge in [0.25, 0.3) is 0 Å². The number of rotatable bonds is 4. The second-order valence-corrected chi connectivity index (χ2v) is 3.91. The molecule has 2 N–H and O–H groups in total. The molecule has 1 atom stereocenters. The summed E-state index contributed by atoms with van der Waals surface area (Å²) in [6, 6.07) is 1.85. The van der Waals surface area contributed by atoms with Gasteiger partial charge in [0.15, 0.2) is 0 Å². The third kappa shape index (κ3) is 3.07.